The van der Waals surface area contributed by atoms with Gasteiger partial charge in [-0.15, -0.1) is 0 Å². The van der Waals surface area contributed by atoms with Crippen molar-refractivity contribution in [1.82, 2.24) is 10.6 Å². The number of methoxy groups -OCH3 is 2. The average Bonchev–Trinajstić information content (AvgIpc) is 2.67. The minimum Gasteiger partial charge on any atom is -0.493 e. The molecule has 0 heterocycles. The van der Waals surface area contributed by atoms with E-state index in [1.165, 1.54) is 14.2 Å². The molecule has 0 aliphatic carbocycles. The highest BCUT2D eigenvalue weighted by molar-refractivity contribution is 7.80. The molecule has 29 heavy (non-hydrogen) atoms. The minimum atomic E-state index is -1.84. The Balaban J connectivity index is 2.02. The highest BCUT2D eigenvalue weighted by Gasteiger charge is 2.34. The van der Waals surface area contributed by atoms with Gasteiger partial charge in [0, 0.05) is 5.69 Å². The highest BCUT2D eigenvalue weighted by atomic mass is 35.6. The maximum absolute atomic E-state index is 12.5. The van der Waals surface area contributed by atoms with Gasteiger partial charge in [0.05, 0.1) is 20.6 Å². The van der Waals surface area contributed by atoms with Crippen molar-refractivity contribution >= 4 is 63.7 Å². The van der Waals surface area contributed by atoms with Gasteiger partial charge < -0.3 is 25.4 Å². The van der Waals surface area contributed by atoms with Crippen molar-refractivity contribution in [3.05, 3.63) is 54.1 Å². The molecule has 156 valence electrons. The normalized spacial score (nSPS) is 11.9. The van der Waals surface area contributed by atoms with Gasteiger partial charge in [-0.3, -0.25) is 4.79 Å². The van der Waals surface area contributed by atoms with E-state index >= 15 is 0 Å². The lowest BCUT2D eigenvalue weighted by Gasteiger charge is -2.27. The van der Waals surface area contributed by atoms with Crippen LogP contribution >= 0.6 is 47.0 Å². The molecule has 2 rings (SSSR count). The smallest absolute Gasteiger partial charge is 0.228 e. The van der Waals surface area contributed by atoms with E-state index in [4.69, 9.17) is 56.5 Å². The third kappa shape index (κ3) is 7.44. The standard InChI is InChI=1S/C19H20Cl3N3O3S/c1-27-14-9-8-12(10-15(14)28-2)11-16(26)24-17(19(20,21)22)25-18(29)23-13-6-4-3-5-7-13/h3-10,17H,11H2,1-2H3,(H,24,26)(H2,23,25,29)/t17-/m0/s1. The molecular formula is C19H20Cl3N3O3S. The lowest BCUT2D eigenvalue weighted by atomic mass is 10.1. The molecule has 0 saturated carbocycles. The molecule has 0 aliphatic rings. The van der Waals surface area contributed by atoms with Crippen LogP contribution in [0.5, 0.6) is 11.5 Å². The molecule has 0 aromatic heterocycles. The van der Waals surface area contributed by atoms with Gasteiger partial charge in [0.25, 0.3) is 0 Å². The van der Waals surface area contributed by atoms with Crippen molar-refractivity contribution in [1.29, 1.82) is 0 Å². The Bertz CT molecular complexity index is 848. The number of thiocarbonyl (C=S) groups is 1. The molecule has 0 bridgehead atoms. The maximum atomic E-state index is 12.5. The van der Waals surface area contributed by atoms with Crippen LogP contribution in [0.4, 0.5) is 5.69 Å². The van der Waals surface area contributed by atoms with Gasteiger partial charge in [-0.05, 0) is 42.0 Å². The zero-order valence-corrected chi connectivity index (χ0v) is 18.8. The molecule has 2 aromatic carbocycles. The zero-order valence-electron chi connectivity index (χ0n) is 15.7. The van der Waals surface area contributed by atoms with Crippen molar-refractivity contribution in [2.75, 3.05) is 19.5 Å². The van der Waals surface area contributed by atoms with Crippen LogP contribution in [-0.2, 0) is 11.2 Å². The van der Waals surface area contributed by atoms with E-state index in [2.05, 4.69) is 16.0 Å². The molecule has 3 N–H and O–H groups in total. The molecule has 2 aromatic rings. The van der Waals surface area contributed by atoms with Gasteiger partial charge in [-0.1, -0.05) is 59.1 Å². The van der Waals surface area contributed by atoms with E-state index in [-0.39, 0.29) is 17.4 Å². The molecule has 0 fully saturated rings. The van der Waals surface area contributed by atoms with Crippen LogP contribution < -0.4 is 25.4 Å². The fraction of sp³-hybridized carbons (Fsp3) is 0.263. The predicted octanol–water partition coefficient (Wildman–Crippen LogP) is 4.05. The number of alkyl halides is 3. The van der Waals surface area contributed by atoms with Crippen molar-refractivity contribution in [2.45, 2.75) is 16.4 Å². The summed E-state index contributed by atoms with van der Waals surface area (Å²) in [5.41, 5.74) is 1.46. The SMILES string of the molecule is COc1ccc(CC(=O)N[C@@H](NC(=S)Nc2ccccc2)C(Cl)(Cl)Cl)cc1OC. The van der Waals surface area contributed by atoms with Gasteiger partial charge in [-0.2, -0.15) is 0 Å². The van der Waals surface area contributed by atoms with Crippen molar-refractivity contribution in [2.24, 2.45) is 0 Å². The Morgan fingerprint density at radius 3 is 2.28 bits per heavy atom. The average molecular weight is 477 g/mol. The van der Waals surface area contributed by atoms with Crippen LogP contribution in [0.2, 0.25) is 0 Å². The summed E-state index contributed by atoms with van der Waals surface area (Å²) in [6.45, 7) is 0. The lowest BCUT2D eigenvalue weighted by molar-refractivity contribution is -0.121. The second-order valence-corrected chi connectivity index (χ2v) is 8.65. The Hall–Kier alpha value is -1.93. The topological polar surface area (TPSA) is 71.6 Å². The molecule has 0 spiro atoms. The minimum absolute atomic E-state index is 0.0398. The Labute approximate surface area is 189 Å². The summed E-state index contributed by atoms with van der Waals surface area (Å²) >= 11 is 23.3. The second-order valence-electron chi connectivity index (χ2n) is 5.87. The number of hydrogen-bond donors (Lipinski definition) is 3. The van der Waals surface area contributed by atoms with Crippen LogP contribution in [0.25, 0.3) is 0 Å². The summed E-state index contributed by atoms with van der Waals surface area (Å²) in [6, 6.07) is 14.4. The Kier molecular flexibility index (Phi) is 8.64. The number of hydrogen-bond acceptors (Lipinski definition) is 4. The number of carbonyl (C=O) groups excluding carboxylic acids is 1. The van der Waals surface area contributed by atoms with Crippen molar-refractivity contribution in [3.63, 3.8) is 0 Å². The first-order valence-electron chi connectivity index (χ1n) is 8.42. The number of amides is 1. The molecule has 0 saturated heterocycles. The third-order valence-corrected chi connectivity index (χ3v) is 4.63. The van der Waals surface area contributed by atoms with E-state index in [1.807, 2.05) is 30.3 Å². The number of halogens is 3. The van der Waals surface area contributed by atoms with Crippen LogP contribution in [0.3, 0.4) is 0 Å². The summed E-state index contributed by atoms with van der Waals surface area (Å²) in [4.78, 5) is 12.5. The number of benzene rings is 2. The Morgan fingerprint density at radius 2 is 1.69 bits per heavy atom. The Morgan fingerprint density at radius 1 is 1.03 bits per heavy atom. The number of anilines is 1. The molecule has 0 unspecified atom stereocenters. The molecule has 1 atom stereocenters. The number of carbonyl (C=O) groups is 1. The first-order chi connectivity index (χ1) is 13.7. The van der Waals surface area contributed by atoms with Crippen LogP contribution in [0, 0.1) is 0 Å². The van der Waals surface area contributed by atoms with E-state index < -0.39 is 9.96 Å². The van der Waals surface area contributed by atoms with Gasteiger partial charge >= 0.3 is 0 Å². The van der Waals surface area contributed by atoms with E-state index in [9.17, 15) is 4.79 Å². The second kappa shape index (κ2) is 10.7. The maximum Gasteiger partial charge on any atom is 0.228 e. The van der Waals surface area contributed by atoms with E-state index in [1.54, 1.807) is 18.2 Å². The molecule has 0 radical (unpaired) electrons. The van der Waals surface area contributed by atoms with E-state index in [0.29, 0.717) is 17.1 Å². The fourth-order valence-electron chi connectivity index (χ4n) is 2.41. The first kappa shape index (κ1) is 23.3. The van der Waals surface area contributed by atoms with Crippen molar-refractivity contribution in [3.8, 4) is 11.5 Å². The number of para-hydroxylation sites is 1. The summed E-state index contributed by atoms with van der Waals surface area (Å²) in [7, 11) is 3.05. The fourth-order valence-corrected chi connectivity index (χ4v) is 2.97. The van der Waals surface area contributed by atoms with Gasteiger partial charge in [0.15, 0.2) is 16.6 Å². The van der Waals surface area contributed by atoms with Gasteiger partial charge in [-0.25, -0.2) is 0 Å². The number of nitrogens with one attached hydrogen (secondary N) is 3. The van der Waals surface area contributed by atoms with Crippen LogP contribution in [0.1, 0.15) is 5.56 Å². The van der Waals surface area contributed by atoms with Gasteiger partial charge in [0.1, 0.15) is 6.17 Å². The molecule has 6 nitrogen and oxygen atoms in total. The van der Waals surface area contributed by atoms with Gasteiger partial charge in [0.2, 0.25) is 9.70 Å². The third-order valence-electron chi connectivity index (χ3n) is 3.75. The predicted molar refractivity (Wildman–Crippen MR) is 121 cm³/mol. The summed E-state index contributed by atoms with van der Waals surface area (Å²) in [6.07, 6.45) is -1.01. The number of rotatable bonds is 7. The highest BCUT2D eigenvalue weighted by Crippen LogP contribution is 2.30. The molecule has 0 aliphatic heterocycles. The first-order valence-corrected chi connectivity index (χ1v) is 9.96. The summed E-state index contributed by atoms with van der Waals surface area (Å²) < 4.78 is 8.60. The molecular weight excluding hydrogens is 457 g/mol. The lowest BCUT2D eigenvalue weighted by Crippen LogP contribution is -2.56. The number of ether oxygens (including phenoxy) is 2. The zero-order chi connectivity index (χ0) is 21.4. The van der Waals surface area contributed by atoms with Crippen molar-refractivity contribution < 1.29 is 14.3 Å². The monoisotopic (exact) mass is 475 g/mol. The van der Waals surface area contributed by atoms with E-state index in [0.717, 1.165) is 5.69 Å². The molecule has 1 amide bonds. The van der Waals surface area contributed by atoms with Crippen LogP contribution in [0.15, 0.2) is 48.5 Å². The summed E-state index contributed by atoms with van der Waals surface area (Å²) in [5, 5.41) is 8.60. The largest absolute Gasteiger partial charge is 0.493 e. The summed E-state index contributed by atoms with van der Waals surface area (Å²) in [5.74, 6) is 0.709. The molecule has 10 heteroatoms. The van der Waals surface area contributed by atoms with Crippen LogP contribution in [-0.4, -0.2) is 35.2 Å². The quantitative estimate of drug-likeness (QED) is 0.318.